The van der Waals surface area contributed by atoms with Crippen molar-refractivity contribution in [1.29, 1.82) is 0 Å². The van der Waals surface area contributed by atoms with E-state index in [0.717, 1.165) is 24.8 Å². The monoisotopic (exact) mass is 180 g/mol. The average Bonchev–Trinajstić information content (AvgIpc) is 2.54. The first-order valence-corrected chi connectivity index (χ1v) is 5.14. The average molecular weight is 180 g/mol. The van der Waals surface area contributed by atoms with Crippen LogP contribution in [-0.2, 0) is 4.79 Å². The van der Waals surface area contributed by atoms with Gasteiger partial charge >= 0.3 is 0 Å². The standard InChI is InChI=1S/C11H16O2/c12-7-8-4-5-11(13)10-3-1-2-9(10)6-8/h6,9-10,12H,1-5,7H2/t9-,10+/m1/s1. The predicted molar refractivity (Wildman–Crippen MR) is 50.2 cm³/mol. The van der Waals surface area contributed by atoms with Gasteiger partial charge in [0.05, 0.1) is 6.61 Å². The Labute approximate surface area is 78.6 Å². The Morgan fingerprint density at radius 1 is 1.38 bits per heavy atom. The van der Waals surface area contributed by atoms with Crippen molar-refractivity contribution in [3.05, 3.63) is 11.6 Å². The third-order valence-corrected chi connectivity index (χ3v) is 3.33. The van der Waals surface area contributed by atoms with Crippen molar-refractivity contribution < 1.29 is 9.90 Å². The molecule has 2 aliphatic carbocycles. The predicted octanol–water partition coefficient (Wildman–Crippen LogP) is 1.68. The molecule has 2 aliphatic rings. The summed E-state index contributed by atoms with van der Waals surface area (Å²) in [6, 6.07) is 0. The zero-order valence-electron chi connectivity index (χ0n) is 7.83. The number of ketones is 1. The number of allylic oxidation sites excluding steroid dienone is 1. The minimum atomic E-state index is 0.135. The van der Waals surface area contributed by atoms with Crippen LogP contribution in [0.25, 0.3) is 0 Å². The zero-order chi connectivity index (χ0) is 9.26. The molecule has 13 heavy (non-hydrogen) atoms. The van der Waals surface area contributed by atoms with E-state index in [4.69, 9.17) is 5.11 Å². The maximum atomic E-state index is 11.6. The summed E-state index contributed by atoms with van der Waals surface area (Å²) in [6.45, 7) is 0.135. The van der Waals surface area contributed by atoms with Gasteiger partial charge in [0.2, 0.25) is 0 Å². The number of aliphatic hydroxyl groups excluding tert-OH is 1. The van der Waals surface area contributed by atoms with E-state index in [0.29, 0.717) is 18.1 Å². The van der Waals surface area contributed by atoms with Gasteiger partial charge < -0.3 is 5.11 Å². The molecule has 0 bridgehead atoms. The summed E-state index contributed by atoms with van der Waals surface area (Å²) in [5.41, 5.74) is 1.07. The fourth-order valence-corrected chi connectivity index (χ4v) is 2.57. The summed E-state index contributed by atoms with van der Waals surface area (Å²) in [5, 5.41) is 9.04. The van der Waals surface area contributed by atoms with E-state index in [-0.39, 0.29) is 12.5 Å². The van der Waals surface area contributed by atoms with Gasteiger partial charge in [0.1, 0.15) is 5.78 Å². The largest absolute Gasteiger partial charge is 0.392 e. The van der Waals surface area contributed by atoms with Crippen molar-refractivity contribution in [2.24, 2.45) is 11.8 Å². The molecule has 0 aromatic heterocycles. The van der Waals surface area contributed by atoms with Crippen molar-refractivity contribution >= 4 is 5.78 Å². The second-order valence-electron chi connectivity index (χ2n) is 4.15. The quantitative estimate of drug-likeness (QED) is 0.623. The molecule has 1 fully saturated rings. The Hall–Kier alpha value is -0.630. The molecular weight excluding hydrogens is 164 g/mol. The Kier molecular flexibility index (Phi) is 2.49. The van der Waals surface area contributed by atoms with Crippen LogP contribution >= 0.6 is 0 Å². The van der Waals surface area contributed by atoms with Gasteiger partial charge in [-0.2, -0.15) is 0 Å². The van der Waals surface area contributed by atoms with Gasteiger partial charge in [0.25, 0.3) is 0 Å². The highest BCUT2D eigenvalue weighted by Crippen LogP contribution is 2.37. The molecule has 0 spiro atoms. The molecule has 0 aliphatic heterocycles. The first-order chi connectivity index (χ1) is 6.31. The van der Waals surface area contributed by atoms with Gasteiger partial charge in [-0.15, -0.1) is 0 Å². The lowest BCUT2D eigenvalue weighted by Crippen LogP contribution is -2.15. The molecule has 0 amide bonds. The van der Waals surface area contributed by atoms with Gasteiger partial charge in [0.15, 0.2) is 0 Å². The lowest BCUT2D eigenvalue weighted by molar-refractivity contribution is -0.123. The molecule has 0 heterocycles. The van der Waals surface area contributed by atoms with Crippen LogP contribution in [0.5, 0.6) is 0 Å². The summed E-state index contributed by atoms with van der Waals surface area (Å²) >= 11 is 0. The SMILES string of the molecule is O=C1CCC(CO)=C[C@H]2CCC[C@H]12. The van der Waals surface area contributed by atoms with E-state index in [9.17, 15) is 4.79 Å². The number of rotatable bonds is 1. The van der Waals surface area contributed by atoms with E-state index in [1.165, 1.54) is 6.42 Å². The highest BCUT2D eigenvalue weighted by atomic mass is 16.3. The minimum Gasteiger partial charge on any atom is -0.392 e. The molecule has 0 radical (unpaired) electrons. The first-order valence-electron chi connectivity index (χ1n) is 5.14. The molecule has 2 rings (SSSR count). The molecule has 1 saturated carbocycles. The van der Waals surface area contributed by atoms with E-state index in [1.54, 1.807) is 0 Å². The Bertz CT molecular complexity index is 242. The lowest BCUT2D eigenvalue weighted by atomic mass is 9.92. The molecular formula is C11H16O2. The lowest BCUT2D eigenvalue weighted by Gasteiger charge is -2.11. The third kappa shape index (κ3) is 1.68. The fraction of sp³-hybridized carbons (Fsp3) is 0.727. The van der Waals surface area contributed by atoms with E-state index >= 15 is 0 Å². The molecule has 0 aromatic carbocycles. The van der Waals surface area contributed by atoms with Gasteiger partial charge in [-0.25, -0.2) is 0 Å². The van der Waals surface area contributed by atoms with Crippen LogP contribution in [0, 0.1) is 11.8 Å². The van der Waals surface area contributed by atoms with Crippen molar-refractivity contribution in [1.82, 2.24) is 0 Å². The third-order valence-electron chi connectivity index (χ3n) is 3.33. The normalized spacial score (nSPS) is 33.9. The van der Waals surface area contributed by atoms with Crippen LogP contribution in [0.4, 0.5) is 0 Å². The number of aliphatic hydroxyl groups is 1. The maximum absolute atomic E-state index is 11.6. The number of hydrogen-bond donors (Lipinski definition) is 1. The summed E-state index contributed by atoms with van der Waals surface area (Å²) in [5.74, 6) is 1.14. The van der Waals surface area contributed by atoms with Crippen molar-refractivity contribution in [3.8, 4) is 0 Å². The van der Waals surface area contributed by atoms with Gasteiger partial charge in [-0.05, 0) is 30.8 Å². The molecule has 2 atom stereocenters. The zero-order valence-corrected chi connectivity index (χ0v) is 7.83. The summed E-state index contributed by atoms with van der Waals surface area (Å²) in [6.07, 6.45) is 6.97. The number of Topliss-reactive ketones (excluding diaryl/α,β-unsaturated/α-hetero) is 1. The van der Waals surface area contributed by atoms with Gasteiger partial charge in [0, 0.05) is 12.3 Å². The number of carbonyl (C=O) groups excluding carboxylic acids is 1. The Balaban J connectivity index is 2.19. The summed E-state index contributed by atoms with van der Waals surface area (Å²) < 4.78 is 0. The van der Waals surface area contributed by atoms with Gasteiger partial charge in [-0.1, -0.05) is 12.5 Å². The van der Waals surface area contributed by atoms with Crippen LogP contribution in [0.1, 0.15) is 32.1 Å². The summed E-state index contributed by atoms with van der Waals surface area (Å²) in [7, 11) is 0. The van der Waals surface area contributed by atoms with Crippen molar-refractivity contribution in [2.45, 2.75) is 32.1 Å². The molecule has 2 heteroatoms. The molecule has 72 valence electrons. The summed E-state index contributed by atoms with van der Waals surface area (Å²) in [4.78, 5) is 11.6. The van der Waals surface area contributed by atoms with Crippen molar-refractivity contribution in [2.75, 3.05) is 6.61 Å². The molecule has 2 nitrogen and oxygen atoms in total. The minimum absolute atomic E-state index is 0.135. The number of fused-ring (bicyclic) bond motifs is 1. The Morgan fingerprint density at radius 3 is 3.00 bits per heavy atom. The smallest absolute Gasteiger partial charge is 0.136 e. The van der Waals surface area contributed by atoms with Crippen molar-refractivity contribution in [3.63, 3.8) is 0 Å². The molecule has 1 N–H and O–H groups in total. The molecule has 0 unspecified atom stereocenters. The van der Waals surface area contributed by atoms with Crippen LogP contribution in [0.3, 0.4) is 0 Å². The molecule has 0 aromatic rings. The Morgan fingerprint density at radius 2 is 2.23 bits per heavy atom. The maximum Gasteiger partial charge on any atom is 0.136 e. The van der Waals surface area contributed by atoms with E-state index in [2.05, 4.69) is 6.08 Å². The van der Waals surface area contributed by atoms with Crippen LogP contribution < -0.4 is 0 Å². The second-order valence-corrected chi connectivity index (χ2v) is 4.15. The fourth-order valence-electron chi connectivity index (χ4n) is 2.57. The first kappa shape index (κ1) is 8.95. The highest BCUT2D eigenvalue weighted by molar-refractivity contribution is 5.82. The molecule has 0 saturated heterocycles. The van der Waals surface area contributed by atoms with E-state index in [1.807, 2.05) is 0 Å². The number of hydrogen-bond acceptors (Lipinski definition) is 2. The topological polar surface area (TPSA) is 37.3 Å². The van der Waals surface area contributed by atoms with Gasteiger partial charge in [-0.3, -0.25) is 4.79 Å². The highest BCUT2D eigenvalue weighted by Gasteiger charge is 2.32. The van der Waals surface area contributed by atoms with Crippen LogP contribution in [-0.4, -0.2) is 17.5 Å². The van der Waals surface area contributed by atoms with Crippen LogP contribution in [0.15, 0.2) is 11.6 Å². The second kappa shape index (κ2) is 3.62. The van der Waals surface area contributed by atoms with Crippen LogP contribution in [0.2, 0.25) is 0 Å². The van der Waals surface area contributed by atoms with E-state index < -0.39 is 0 Å². The number of carbonyl (C=O) groups is 1.